The number of nitrogens with one attached hydrogen (secondary N) is 1. The lowest BCUT2D eigenvalue weighted by Crippen LogP contribution is -2.22. The molecule has 0 aliphatic heterocycles. The fourth-order valence-corrected chi connectivity index (χ4v) is 2.26. The lowest BCUT2D eigenvalue weighted by atomic mass is 10.2. The molecule has 1 heterocycles. The van der Waals surface area contributed by atoms with Crippen LogP contribution in [-0.2, 0) is 15.6 Å². The molecule has 0 unspecified atom stereocenters. The lowest BCUT2D eigenvalue weighted by Gasteiger charge is -2.04. The van der Waals surface area contributed by atoms with Crippen LogP contribution in [0.15, 0.2) is 52.2 Å². The second-order valence-corrected chi connectivity index (χ2v) is 6.35. The van der Waals surface area contributed by atoms with Gasteiger partial charge in [-0.15, -0.1) is 0 Å². The van der Waals surface area contributed by atoms with Crippen LogP contribution in [0.1, 0.15) is 15.9 Å². The van der Waals surface area contributed by atoms with Crippen LogP contribution in [0.4, 0.5) is 0 Å². The molecule has 0 aliphatic rings. The topological polar surface area (TPSA) is 76.4 Å². The molecule has 5 nitrogen and oxygen atoms in total. The SMILES string of the molecule is O=C(NCc1ccoc1)c1cccc(S(=O)(=O)Cl)c1. The zero-order valence-corrected chi connectivity index (χ0v) is 11.2. The number of hydrogen-bond acceptors (Lipinski definition) is 4. The summed E-state index contributed by atoms with van der Waals surface area (Å²) in [6, 6.07) is 7.25. The van der Waals surface area contributed by atoms with E-state index in [2.05, 4.69) is 5.32 Å². The van der Waals surface area contributed by atoms with E-state index in [1.54, 1.807) is 6.07 Å². The number of halogens is 1. The standard InChI is InChI=1S/C12H10ClNO4S/c13-19(16,17)11-3-1-2-10(6-11)12(15)14-7-9-4-5-18-8-9/h1-6,8H,7H2,(H,14,15). The number of carbonyl (C=O) groups is 1. The molecule has 0 saturated heterocycles. The maximum atomic E-state index is 11.8. The molecular formula is C12H10ClNO4S. The molecule has 7 heteroatoms. The van der Waals surface area contributed by atoms with E-state index in [-0.39, 0.29) is 16.4 Å². The maximum Gasteiger partial charge on any atom is 0.261 e. The van der Waals surface area contributed by atoms with Gasteiger partial charge in [0.05, 0.1) is 17.4 Å². The molecule has 0 bridgehead atoms. The molecule has 0 spiro atoms. The average molecular weight is 300 g/mol. The Bertz CT molecular complexity index is 680. The van der Waals surface area contributed by atoms with Crippen LogP contribution in [0.2, 0.25) is 0 Å². The van der Waals surface area contributed by atoms with Gasteiger partial charge in [-0.3, -0.25) is 4.79 Å². The van der Waals surface area contributed by atoms with Crippen LogP contribution in [-0.4, -0.2) is 14.3 Å². The first-order chi connectivity index (χ1) is 8.97. The van der Waals surface area contributed by atoms with Crippen molar-refractivity contribution in [2.45, 2.75) is 11.4 Å². The largest absolute Gasteiger partial charge is 0.472 e. The van der Waals surface area contributed by atoms with E-state index in [0.29, 0.717) is 6.54 Å². The molecule has 1 aromatic heterocycles. The molecule has 19 heavy (non-hydrogen) atoms. The van der Waals surface area contributed by atoms with Gasteiger partial charge in [0.15, 0.2) is 0 Å². The van der Waals surface area contributed by atoms with Gasteiger partial charge >= 0.3 is 0 Å². The minimum absolute atomic E-state index is 0.106. The number of hydrogen-bond donors (Lipinski definition) is 1. The van der Waals surface area contributed by atoms with Crippen LogP contribution < -0.4 is 5.32 Å². The van der Waals surface area contributed by atoms with Gasteiger partial charge in [-0.2, -0.15) is 0 Å². The van der Waals surface area contributed by atoms with E-state index in [4.69, 9.17) is 15.1 Å². The Morgan fingerprint density at radius 3 is 2.74 bits per heavy atom. The van der Waals surface area contributed by atoms with Crippen molar-refractivity contribution < 1.29 is 17.6 Å². The van der Waals surface area contributed by atoms with Crippen LogP contribution in [0.5, 0.6) is 0 Å². The third-order valence-corrected chi connectivity index (χ3v) is 3.76. The van der Waals surface area contributed by atoms with Gasteiger partial charge in [0, 0.05) is 28.4 Å². The summed E-state index contributed by atoms with van der Waals surface area (Å²) in [5.74, 6) is -0.386. The number of rotatable bonds is 4. The summed E-state index contributed by atoms with van der Waals surface area (Å²) in [4.78, 5) is 11.7. The van der Waals surface area contributed by atoms with E-state index in [0.717, 1.165) is 5.56 Å². The minimum Gasteiger partial charge on any atom is -0.472 e. The summed E-state index contributed by atoms with van der Waals surface area (Å²) in [5.41, 5.74) is 1.04. The van der Waals surface area contributed by atoms with Crippen molar-refractivity contribution in [1.82, 2.24) is 5.32 Å². The lowest BCUT2D eigenvalue weighted by molar-refractivity contribution is 0.0950. The van der Waals surface area contributed by atoms with E-state index < -0.39 is 9.05 Å². The van der Waals surface area contributed by atoms with Gasteiger partial charge < -0.3 is 9.73 Å². The summed E-state index contributed by atoms with van der Waals surface area (Å²) in [5, 5.41) is 2.64. The zero-order chi connectivity index (χ0) is 13.9. The van der Waals surface area contributed by atoms with Crippen molar-refractivity contribution in [3.05, 3.63) is 54.0 Å². The number of furan rings is 1. The fourth-order valence-electron chi connectivity index (χ4n) is 1.47. The quantitative estimate of drug-likeness (QED) is 0.878. The van der Waals surface area contributed by atoms with Crippen LogP contribution in [0, 0.1) is 0 Å². The average Bonchev–Trinajstić information content (AvgIpc) is 2.88. The van der Waals surface area contributed by atoms with Gasteiger partial charge in [-0.05, 0) is 24.3 Å². The number of carbonyl (C=O) groups excluding carboxylic acids is 1. The summed E-state index contributed by atoms with van der Waals surface area (Å²) < 4.78 is 27.2. The van der Waals surface area contributed by atoms with Gasteiger partial charge in [0.1, 0.15) is 0 Å². The second kappa shape index (κ2) is 5.46. The van der Waals surface area contributed by atoms with E-state index >= 15 is 0 Å². The highest BCUT2D eigenvalue weighted by atomic mass is 35.7. The Morgan fingerprint density at radius 2 is 2.11 bits per heavy atom. The molecule has 0 fully saturated rings. The Morgan fingerprint density at radius 1 is 1.32 bits per heavy atom. The Labute approximate surface area is 114 Å². The van der Waals surface area contributed by atoms with E-state index in [9.17, 15) is 13.2 Å². The Hall–Kier alpha value is -1.79. The molecular weight excluding hydrogens is 290 g/mol. The van der Waals surface area contributed by atoms with E-state index in [1.807, 2.05) is 0 Å². The van der Waals surface area contributed by atoms with Gasteiger partial charge in [0.25, 0.3) is 15.0 Å². The summed E-state index contributed by atoms with van der Waals surface area (Å²) in [6.07, 6.45) is 3.02. The molecule has 1 aromatic carbocycles. The van der Waals surface area contributed by atoms with Crippen molar-refractivity contribution in [1.29, 1.82) is 0 Å². The van der Waals surface area contributed by atoms with Crippen molar-refractivity contribution in [3.8, 4) is 0 Å². The summed E-state index contributed by atoms with van der Waals surface area (Å²) >= 11 is 0. The first-order valence-electron chi connectivity index (χ1n) is 5.31. The normalized spacial score (nSPS) is 11.2. The molecule has 1 amide bonds. The van der Waals surface area contributed by atoms with Crippen LogP contribution >= 0.6 is 10.7 Å². The predicted molar refractivity (Wildman–Crippen MR) is 69.4 cm³/mol. The predicted octanol–water partition coefficient (Wildman–Crippen LogP) is 2.14. The maximum absolute atomic E-state index is 11.8. The fraction of sp³-hybridized carbons (Fsp3) is 0.0833. The second-order valence-electron chi connectivity index (χ2n) is 3.78. The van der Waals surface area contributed by atoms with Gasteiger partial charge in [-0.25, -0.2) is 8.42 Å². The zero-order valence-electron chi connectivity index (χ0n) is 9.67. The molecule has 100 valence electrons. The monoisotopic (exact) mass is 299 g/mol. The van der Waals surface area contributed by atoms with Crippen LogP contribution in [0.25, 0.3) is 0 Å². The Kier molecular flexibility index (Phi) is 3.92. The van der Waals surface area contributed by atoms with Gasteiger partial charge in [-0.1, -0.05) is 6.07 Å². The molecule has 2 aromatic rings. The summed E-state index contributed by atoms with van der Waals surface area (Å²) in [7, 11) is 1.38. The molecule has 2 rings (SSSR count). The highest BCUT2D eigenvalue weighted by Crippen LogP contribution is 2.16. The van der Waals surface area contributed by atoms with E-state index in [1.165, 1.54) is 36.8 Å². The number of benzene rings is 1. The highest BCUT2D eigenvalue weighted by molar-refractivity contribution is 8.13. The smallest absolute Gasteiger partial charge is 0.261 e. The first-order valence-corrected chi connectivity index (χ1v) is 7.62. The highest BCUT2D eigenvalue weighted by Gasteiger charge is 2.13. The Balaban J connectivity index is 2.11. The summed E-state index contributed by atoms with van der Waals surface area (Å²) in [6.45, 7) is 0.299. The minimum atomic E-state index is -3.84. The van der Waals surface area contributed by atoms with Crippen molar-refractivity contribution in [2.24, 2.45) is 0 Å². The van der Waals surface area contributed by atoms with Crippen molar-refractivity contribution >= 4 is 25.6 Å². The molecule has 0 radical (unpaired) electrons. The third-order valence-electron chi connectivity index (χ3n) is 2.41. The third kappa shape index (κ3) is 3.59. The van der Waals surface area contributed by atoms with Crippen molar-refractivity contribution in [2.75, 3.05) is 0 Å². The van der Waals surface area contributed by atoms with Crippen molar-refractivity contribution in [3.63, 3.8) is 0 Å². The molecule has 0 saturated carbocycles. The van der Waals surface area contributed by atoms with Gasteiger partial charge in [0.2, 0.25) is 0 Å². The number of amides is 1. The molecule has 0 aliphatic carbocycles. The van der Waals surface area contributed by atoms with Crippen LogP contribution in [0.3, 0.4) is 0 Å². The molecule has 0 atom stereocenters. The molecule has 1 N–H and O–H groups in total. The first kappa shape index (κ1) is 13.6.